The molecule has 6 heteroatoms. The Labute approximate surface area is 141 Å². The van der Waals surface area contributed by atoms with Crippen molar-refractivity contribution in [3.05, 3.63) is 41.0 Å². The number of nitrogens with one attached hydrogen (secondary N) is 2. The van der Waals surface area contributed by atoms with E-state index in [1.807, 2.05) is 36.2 Å². The highest BCUT2D eigenvalue weighted by Crippen LogP contribution is 2.29. The molecule has 0 aliphatic carbocycles. The topological polar surface area (TPSA) is 61.0 Å². The van der Waals surface area contributed by atoms with Crippen molar-refractivity contribution >= 4 is 17.5 Å². The minimum Gasteiger partial charge on any atom is -0.338 e. The number of nitrogens with zero attached hydrogens (tertiary/aromatic N) is 2. The summed E-state index contributed by atoms with van der Waals surface area (Å²) in [6, 6.07) is 7.49. The highest BCUT2D eigenvalue weighted by Gasteiger charge is 2.27. The van der Waals surface area contributed by atoms with Gasteiger partial charge in [0.1, 0.15) is 0 Å². The van der Waals surface area contributed by atoms with Crippen LogP contribution in [0.25, 0.3) is 11.3 Å². The van der Waals surface area contributed by atoms with Crippen molar-refractivity contribution in [1.29, 1.82) is 0 Å². The fourth-order valence-corrected chi connectivity index (χ4v) is 3.42. The zero-order valence-corrected chi connectivity index (χ0v) is 13.9. The lowest BCUT2D eigenvalue weighted by molar-refractivity contribution is 0.0675. The fourth-order valence-electron chi connectivity index (χ4n) is 3.19. The number of amides is 1. The third-order valence-corrected chi connectivity index (χ3v) is 4.64. The minimum absolute atomic E-state index is 0.0227. The Hall–Kier alpha value is -1.85. The van der Waals surface area contributed by atoms with Gasteiger partial charge in [-0.2, -0.15) is 5.10 Å². The van der Waals surface area contributed by atoms with Crippen molar-refractivity contribution in [2.75, 3.05) is 26.7 Å². The van der Waals surface area contributed by atoms with Crippen molar-refractivity contribution in [1.82, 2.24) is 20.4 Å². The number of H-pyrrole nitrogens is 1. The van der Waals surface area contributed by atoms with Gasteiger partial charge in [-0.25, -0.2) is 0 Å². The van der Waals surface area contributed by atoms with E-state index >= 15 is 0 Å². The molecular weight excluding hydrogens is 312 g/mol. The number of carbonyl (C=O) groups is 1. The van der Waals surface area contributed by atoms with Gasteiger partial charge >= 0.3 is 0 Å². The molecule has 0 bridgehead atoms. The number of hydrogen-bond donors (Lipinski definition) is 2. The molecule has 1 aliphatic rings. The number of aromatic nitrogens is 2. The van der Waals surface area contributed by atoms with Gasteiger partial charge in [0, 0.05) is 23.7 Å². The van der Waals surface area contributed by atoms with E-state index in [0.29, 0.717) is 22.2 Å². The third kappa shape index (κ3) is 3.41. The Morgan fingerprint density at radius 2 is 2.30 bits per heavy atom. The van der Waals surface area contributed by atoms with Crippen LogP contribution in [0.3, 0.4) is 0 Å². The smallest absolute Gasteiger partial charge is 0.257 e. The lowest BCUT2D eigenvalue weighted by Gasteiger charge is -2.32. The predicted octanol–water partition coefficient (Wildman–Crippen LogP) is 2.80. The van der Waals surface area contributed by atoms with Crippen molar-refractivity contribution < 1.29 is 4.79 Å². The van der Waals surface area contributed by atoms with E-state index in [9.17, 15) is 4.79 Å². The molecule has 1 amide bonds. The zero-order chi connectivity index (χ0) is 16.2. The van der Waals surface area contributed by atoms with Gasteiger partial charge in [-0.05, 0) is 38.4 Å². The zero-order valence-electron chi connectivity index (χ0n) is 13.2. The summed E-state index contributed by atoms with van der Waals surface area (Å²) in [5.74, 6) is 0.530. The number of benzene rings is 1. The lowest BCUT2D eigenvalue weighted by atomic mass is 9.97. The van der Waals surface area contributed by atoms with Gasteiger partial charge < -0.3 is 10.2 Å². The number of carbonyl (C=O) groups excluding carboxylic acids is 1. The van der Waals surface area contributed by atoms with E-state index in [2.05, 4.69) is 15.5 Å². The Morgan fingerprint density at radius 3 is 3.09 bits per heavy atom. The quantitative estimate of drug-likeness (QED) is 0.905. The Balaban J connectivity index is 1.84. The van der Waals surface area contributed by atoms with Crippen molar-refractivity contribution in [3.8, 4) is 11.3 Å². The second kappa shape index (κ2) is 7.15. The van der Waals surface area contributed by atoms with E-state index in [1.54, 1.807) is 6.20 Å². The van der Waals surface area contributed by atoms with Crippen molar-refractivity contribution in [2.24, 2.45) is 5.92 Å². The molecule has 1 unspecified atom stereocenters. The monoisotopic (exact) mass is 332 g/mol. The second-order valence-electron chi connectivity index (χ2n) is 5.96. The summed E-state index contributed by atoms with van der Waals surface area (Å²) in [7, 11) is 1.95. The molecule has 3 rings (SSSR count). The molecule has 122 valence electrons. The summed E-state index contributed by atoms with van der Waals surface area (Å²) in [5, 5.41) is 10.8. The van der Waals surface area contributed by atoms with Gasteiger partial charge in [-0.3, -0.25) is 9.89 Å². The molecule has 1 aromatic heterocycles. The second-order valence-corrected chi connectivity index (χ2v) is 6.36. The van der Waals surface area contributed by atoms with E-state index in [0.717, 1.165) is 38.0 Å². The first-order valence-electron chi connectivity index (χ1n) is 7.93. The molecule has 5 nitrogen and oxygen atoms in total. The SMILES string of the molecule is CNCC1CCCN(C(=O)c2cn[nH]c2-c2ccccc2Cl)C1. The Kier molecular flexibility index (Phi) is 4.98. The van der Waals surface area contributed by atoms with Crippen LogP contribution >= 0.6 is 11.6 Å². The molecule has 0 saturated carbocycles. The van der Waals surface area contributed by atoms with Gasteiger partial charge in [0.15, 0.2) is 0 Å². The molecule has 1 fully saturated rings. The number of aromatic amines is 1. The lowest BCUT2D eigenvalue weighted by Crippen LogP contribution is -2.42. The summed E-state index contributed by atoms with van der Waals surface area (Å²) < 4.78 is 0. The van der Waals surface area contributed by atoms with Crippen LogP contribution in [0.5, 0.6) is 0 Å². The van der Waals surface area contributed by atoms with Crippen LogP contribution in [-0.4, -0.2) is 47.7 Å². The molecule has 1 atom stereocenters. The molecule has 0 radical (unpaired) electrons. The minimum atomic E-state index is 0.0227. The fraction of sp³-hybridized carbons (Fsp3) is 0.412. The predicted molar refractivity (Wildman–Crippen MR) is 91.6 cm³/mol. The number of likely N-dealkylation sites (tertiary alicyclic amines) is 1. The maximum atomic E-state index is 12.9. The number of piperidine rings is 1. The van der Waals surface area contributed by atoms with Crippen LogP contribution in [0, 0.1) is 5.92 Å². The average Bonchev–Trinajstić information content (AvgIpc) is 3.04. The number of rotatable bonds is 4. The summed E-state index contributed by atoms with van der Waals surface area (Å²) in [4.78, 5) is 14.8. The molecule has 1 saturated heterocycles. The van der Waals surface area contributed by atoms with Crippen LogP contribution < -0.4 is 5.32 Å². The first-order valence-corrected chi connectivity index (χ1v) is 8.30. The van der Waals surface area contributed by atoms with E-state index in [-0.39, 0.29) is 5.91 Å². The van der Waals surface area contributed by atoms with Crippen LogP contribution in [0.1, 0.15) is 23.2 Å². The molecule has 0 spiro atoms. The molecular formula is C17H21ClN4O. The van der Waals surface area contributed by atoms with Gasteiger partial charge in [0.05, 0.1) is 17.5 Å². The van der Waals surface area contributed by atoms with Crippen molar-refractivity contribution in [3.63, 3.8) is 0 Å². The first kappa shape index (κ1) is 16.0. The van der Waals surface area contributed by atoms with Crippen molar-refractivity contribution in [2.45, 2.75) is 12.8 Å². The Morgan fingerprint density at radius 1 is 1.48 bits per heavy atom. The van der Waals surface area contributed by atoms with Crippen LogP contribution in [-0.2, 0) is 0 Å². The molecule has 2 heterocycles. The summed E-state index contributed by atoms with van der Waals surface area (Å²) >= 11 is 6.26. The maximum absolute atomic E-state index is 12.9. The van der Waals surface area contributed by atoms with Gasteiger partial charge in [0.25, 0.3) is 5.91 Å². The highest BCUT2D eigenvalue weighted by molar-refractivity contribution is 6.33. The molecule has 1 aromatic carbocycles. The summed E-state index contributed by atoms with van der Waals surface area (Å²) in [6.07, 6.45) is 3.80. The van der Waals surface area contributed by atoms with Gasteiger partial charge in [0.2, 0.25) is 0 Å². The van der Waals surface area contributed by atoms with Crippen LogP contribution in [0.2, 0.25) is 5.02 Å². The Bertz CT molecular complexity index is 683. The number of hydrogen-bond acceptors (Lipinski definition) is 3. The largest absolute Gasteiger partial charge is 0.338 e. The van der Waals surface area contributed by atoms with Crippen LogP contribution in [0.15, 0.2) is 30.5 Å². The van der Waals surface area contributed by atoms with E-state index in [1.165, 1.54) is 0 Å². The average molecular weight is 333 g/mol. The van der Waals surface area contributed by atoms with Gasteiger partial charge in [-0.1, -0.05) is 29.8 Å². The van der Waals surface area contributed by atoms with E-state index < -0.39 is 0 Å². The molecule has 1 aliphatic heterocycles. The normalized spacial score (nSPS) is 18.2. The highest BCUT2D eigenvalue weighted by atomic mass is 35.5. The maximum Gasteiger partial charge on any atom is 0.257 e. The molecule has 2 N–H and O–H groups in total. The molecule has 2 aromatic rings. The van der Waals surface area contributed by atoms with Gasteiger partial charge in [-0.15, -0.1) is 0 Å². The number of halogens is 1. The third-order valence-electron chi connectivity index (χ3n) is 4.31. The van der Waals surface area contributed by atoms with E-state index in [4.69, 9.17) is 11.6 Å². The standard InChI is InChI=1S/C17H21ClN4O/c1-19-9-12-5-4-8-22(11-12)17(23)14-10-20-21-16(14)13-6-2-3-7-15(13)18/h2-3,6-7,10,12,19H,4-5,8-9,11H2,1H3,(H,20,21). The van der Waals surface area contributed by atoms with Crippen LogP contribution in [0.4, 0.5) is 0 Å². The first-order chi connectivity index (χ1) is 11.2. The molecule has 23 heavy (non-hydrogen) atoms. The summed E-state index contributed by atoms with van der Waals surface area (Å²) in [5.41, 5.74) is 2.08. The summed E-state index contributed by atoms with van der Waals surface area (Å²) in [6.45, 7) is 2.52.